The van der Waals surface area contributed by atoms with E-state index < -0.39 is 5.91 Å². The maximum atomic E-state index is 10.6. The monoisotopic (exact) mass is 301 g/mol. The van der Waals surface area contributed by atoms with Crippen LogP contribution in [0.4, 0.5) is 0 Å². The highest BCUT2D eigenvalue weighted by molar-refractivity contribution is 5.97. The van der Waals surface area contributed by atoms with Crippen molar-refractivity contribution in [1.82, 2.24) is 9.78 Å². The number of carbonyl (C=O) groups is 1. The molecule has 0 aliphatic heterocycles. The second kappa shape index (κ2) is 6.75. The van der Waals surface area contributed by atoms with E-state index in [1.165, 1.54) is 0 Å². The standard InChI is InChI=1S/C15H19N5O2/c1-10-6-11(2)20(18-10)8-12-4-3-5-13(7-12)15(17)19-22-9-14(16)21/h3-7H,8-9H2,1-2H3,(H2,16,21)(H2,17,19). The molecule has 7 nitrogen and oxygen atoms in total. The molecule has 1 heterocycles. The fraction of sp³-hybridized carbons (Fsp3) is 0.267. The zero-order chi connectivity index (χ0) is 16.1. The number of aryl methyl sites for hydroxylation is 2. The number of nitrogens with two attached hydrogens (primary N) is 2. The molecule has 0 spiro atoms. The Kier molecular flexibility index (Phi) is 4.77. The van der Waals surface area contributed by atoms with E-state index in [0.29, 0.717) is 12.1 Å². The first-order valence-corrected chi connectivity index (χ1v) is 6.80. The van der Waals surface area contributed by atoms with Crippen LogP contribution in [0.3, 0.4) is 0 Å². The molecular weight excluding hydrogens is 282 g/mol. The number of primary amides is 1. The van der Waals surface area contributed by atoms with E-state index in [0.717, 1.165) is 17.0 Å². The summed E-state index contributed by atoms with van der Waals surface area (Å²) in [6, 6.07) is 9.61. The van der Waals surface area contributed by atoms with Gasteiger partial charge in [-0.3, -0.25) is 9.48 Å². The zero-order valence-electron chi connectivity index (χ0n) is 12.6. The largest absolute Gasteiger partial charge is 0.384 e. The fourth-order valence-corrected chi connectivity index (χ4v) is 2.06. The van der Waals surface area contributed by atoms with Gasteiger partial charge in [0, 0.05) is 11.3 Å². The molecule has 0 unspecified atom stereocenters. The number of amidine groups is 1. The first-order chi connectivity index (χ1) is 10.5. The summed E-state index contributed by atoms with van der Waals surface area (Å²) in [5.74, 6) is -0.411. The van der Waals surface area contributed by atoms with Crippen molar-refractivity contribution < 1.29 is 9.63 Å². The van der Waals surface area contributed by atoms with Gasteiger partial charge < -0.3 is 16.3 Å². The number of hydrogen-bond acceptors (Lipinski definition) is 4. The Morgan fingerprint density at radius 1 is 1.32 bits per heavy atom. The Hall–Kier alpha value is -2.83. The lowest BCUT2D eigenvalue weighted by atomic mass is 10.1. The summed E-state index contributed by atoms with van der Waals surface area (Å²) in [7, 11) is 0. The molecule has 0 atom stereocenters. The minimum Gasteiger partial charge on any atom is -0.384 e. The van der Waals surface area contributed by atoms with Crippen molar-refractivity contribution in [2.24, 2.45) is 16.6 Å². The van der Waals surface area contributed by atoms with Crippen LogP contribution in [0.25, 0.3) is 0 Å². The SMILES string of the molecule is Cc1cc(C)n(Cc2cccc(/C(N)=N/OCC(N)=O)c2)n1. The Morgan fingerprint density at radius 2 is 2.09 bits per heavy atom. The maximum absolute atomic E-state index is 10.6. The molecule has 0 saturated carbocycles. The smallest absolute Gasteiger partial charge is 0.258 e. The van der Waals surface area contributed by atoms with Crippen LogP contribution in [0.1, 0.15) is 22.5 Å². The van der Waals surface area contributed by atoms with Gasteiger partial charge in [-0.1, -0.05) is 23.4 Å². The topological polar surface area (TPSA) is 109 Å². The van der Waals surface area contributed by atoms with E-state index in [-0.39, 0.29) is 12.4 Å². The minimum absolute atomic E-state index is 0.191. The van der Waals surface area contributed by atoms with E-state index in [1.807, 2.05) is 48.9 Å². The molecule has 1 aromatic carbocycles. The Bertz CT molecular complexity index is 706. The predicted molar refractivity (Wildman–Crippen MR) is 83.1 cm³/mol. The van der Waals surface area contributed by atoms with Crippen LogP contribution >= 0.6 is 0 Å². The van der Waals surface area contributed by atoms with Crippen LogP contribution in [0.2, 0.25) is 0 Å². The summed E-state index contributed by atoms with van der Waals surface area (Å²) >= 11 is 0. The number of hydrogen-bond donors (Lipinski definition) is 2. The molecule has 2 rings (SSSR count). The van der Waals surface area contributed by atoms with E-state index in [1.54, 1.807) is 0 Å². The van der Waals surface area contributed by atoms with E-state index >= 15 is 0 Å². The van der Waals surface area contributed by atoms with Crippen LogP contribution in [-0.2, 0) is 16.2 Å². The number of amides is 1. The zero-order valence-corrected chi connectivity index (χ0v) is 12.6. The maximum Gasteiger partial charge on any atom is 0.258 e. The lowest BCUT2D eigenvalue weighted by Gasteiger charge is -2.07. The van der Waals surface area contributed by atoms with Gasteiger partial charge in [0.1, 0.15) is 0 Å². The van der Waals surface area contributed by atoms with Gasteiger partial charge in [-0.25, -0.2) is 0 Å². The van der Waals surface area contributed by atoms with E-state index in [2.05, 4.69) is 10.3 Å². The number of rotatable bonds is 6. The quantitative estimate of drug-likeness (QED) is 0.464. The van der Waals surface area contributed by atoms with Crippen LogP contribution < -0.4 is 11.5 Å². The van der Waals surface area contributed by atoms with Gasteiger partial charge in [0.25, 0.3) is 5.91 Å². The van der Waals surface area contributed by atoms with Gasteiger partial charge >= 0.3 is 0 Å². The van der Waals surface area contributed by atoms with Crippen molar-refractivity contribution in [2.75, 3.05) is 6.61 Å². The highest BCUT2D eigenvalue weighted by Gasteiger charge is 2.05. The van der Waals surface area contributed by atoms with Gasteiger partial charge in [-0.05, 0) is 31.5 Å². The summed E-state index contributed by atoms with van der Waals surface area (Å²) in [5, 5.41) is 8.10. The van der Waals surface area contributed by atoms with Gasteiger partial charge in [-0.2, -0.15) is 5.10 Å². The molecule has 0 fully saturated rings. The molecule has 0 aliphatic rings. The minimum atomic E-state index is -0.602. The molecule has 4 N–H and O–H groups in total. The first kappa shape index (κ1) is 15.6. The first-order valence-electron chi connectivity index (χ1n) is 6.80. The second-order valence-corrected chi connectivity index (χ2v) is 5.00. The lowest BCUT2D eigenvalue weighted by molar-refractivity contribution is -0.122. The van der Waals surface area contributed by atoms with Crippen LogP contribution in [-0.4, -0.2) is 28.1 Å². The predicted octanol–water partition coefficient (Wildman–Crippen LogP) is 0.670. The normalized spacial score (nSPS) is 11.5. The van der Waals surface area contributed by atoms with Crippen molar-refractivity contribution in [1.29, 1.82) is 0 Å². The van der Waals surface area contributed by atoms with Gasteiger partial charge in [-0.15, -0.1) is 0 Å². The third-order valence-electron chi connectivity index (χ3n) is 3.03. The fourth-order valence-electron chi connectivity index (χ4n) is 2.06. The van der Waals surface area contributed by atoms with Crippen molar-refractivity contribution in [3.63, 3.8) is 0 Å². The Morgan fingerprint density at radius 3 is 2.73 bits per heavy atom. The van der Waals surface area contributed by atoms with Crippen LogP contribution in [0.15, 0.2) is 35.5 Å². The Balaban J connectivity index is 2.12. The number of aromatic nitrogens is 2. The number of oxime groups is 1. The molecular formula is C15H19N5O2. The molecule has 116 valence electrons. The number of nitrogens with zero attached hydrogens (tertiary/aromatic N) is 3. The molecule has 1 amide bonds. The second-order valence-electron chi connectivity index (χ2n) is 5.00. The van der Waals surface area contributed by atoms with Crippen molar-refractivity contribution in [3.8, 4) is 0 Å². The highest BCUT2D eigenvalue weighted by Crippen LogP contribution is 2.10. The molecule has 7 heteroatoms. The van der Waals surface area contributed by atoms with Gasteiger partial charge in [0.15, 0.2) is 12.4 Å². The summed E-state index contributed by atoms with van der Waals surface area (Å²) in [6.45, 7) is 4.31. The molecule has 0 saturated heterocycles. The number of carbonyl (C=O) groups excluding carboxylic acids is 1. The third kappa shape index (κ3) is 4.08. The van der Waals surface area contributed by atoms with Crippen LogP contribution in [0.5, 0.6) is 0 Å². The summed E-state index contributed by atoms with van der Waals surface area (Å²) in [5.41, 5.74) is 14.6. The average molecular weight is 301 g/mol. The number of benzene rings is 1. The molecule has 0 bridgehead atoms. The molecule has 22 heavy (non-hydrogen) atoms. The van der Waals surface area contributed by atoms with Crippen molar-refractivity contribution in [2.45, 2.75) is 20.4 Å². The van der Waals surface area contributed by atoms with E-state index in [4.69, 9.17) is 16.3 Å². The van der Waals surface area contributed by atoms with Gasteiger partial charge in [0.2, 0.25) is 0 Å². The van der Waals surface area contributed by atoms with Crippen LogP contribution in [0, 0.1) is 13.8 Å². The molecule has 2 aromatic rings. The molecule has 0 radical (unpaired) electrons. The third-order valence-corrected chi connectivity index (χ3v) is 3.03. The highest BCUT2D eigenvalue weighted by atomic mass is 16.6. The van der Waals surface area contributed by atoms with Crippen molar-refractivity contribution in [3.05, 3.63) is 52.8 Å². The Labute approximate surface area is 128 Å². The van der Waals surface area contributed by atoms with E-state index in [9.17, 15) is 4.79 Å². The molecule has 0 aliphatic carbocycles. The van der Waals surface area contributed by atoms with Crippen molar-refractivity contribution >= 4 is 11.7 Å². The summed E-state index contributed by atoms with van der Waals surface area (Å²) in [4.78, 5) is 15.3. The lowest BCUT2D eigenvalue weighted by Crippen LogP contribution is -2.19. The summed E-state index contributed by atoms with van der Waals surface area (Å²) < 4.78 is 1.92. The van der Waals surface area contributed by atoms with Gasteiger partial charge in [0.05, 0.1) is 12.2 Å². The summed E-state index contributed by atoms with van der Waals surface area (Å²) in [6.07, 6.45) is 0. The average Bonchev–Trinajstić information content (AvgIpc) is 2.76. The molecule has 1 aromatic heterocycles.